The fourth-order valence-corrected chi connectivity index (χ4v) is 2.34. The van der Waals surface area contributed by atoms with Gasteiger partial charge in [-0.05, 0) is 18.4 Å². The molecule has 7 nitrogen and oxygen atoms in total. The van der Waals surface area contributed by atoms with Crippen molar-refractivity contribution in [2.24, 2.45) is 0 Å². The van der Waals surface area contributed by atoms with E-state index in [0.29, 0.717) is 16.5 Å². The average molecular weight is 328 g/mol. The number of rotatable bonds is 5. The van der Waals surface area contributed by atoms with E-state index in [1.807, 2.05) is 12.1 Å². The Kier molecular flexibility index (Phi) is 5.23. The van der Waals surface area contributed by atoms with E-state index in [9.17, 15) is 10.1 Å². The van der Waals surface area contributed by atoms with Gasteiger partial charge >= 0.3 is 0 Å². The zero-order valence-corrected chi connectivity index (χ0v) is 13.2. The summed E-state index contributed by atoms with van der Waals surface area (Å²) in [7, 11) is 1.46. The number of ether oxygens (including phenoxy) is 2. The number of nitrogens with zero attached hydrogens (tertiary/aromatic N) is 3. The minimum Gasteiger partial charge on any atom is -0.493 e. The SMILES string of the molecule is COc1cccc(-c2nc(SC)[nH]c(=O)c2C#N)c1OCC#N. The minimum absolute atomic E-state index is 0.127. The largest absolute Gasteiger partial charge is 0.493 e. The van der Waals surface area contributed by atoms with Gasteiger partial charge < -0.3 is 14.5 Å². The zero-order valence-electron chi connectivity index (χ0n) is 12.4. The number of aromatic nitrogens is 2. The van der Waals surface area contributed by atoms with Crippen molar-refractivity contribution in [1.82, 2.24) is 9.97 Å². The maximum Gasteiger partial charge on any atom is 0.270 e. The van der Waals surface area contributed by atoms with Crippen LogP contribution in [0.1, 0.15) is 5.56 Å². The summed E-state index contributed by atoms with van der Waals surface area (Å²) in [5, 5.41) is 18.4. The van der Waals surface area contributed by atoms with E-state index in [0.717, 1.165) is 0 Å². The van der Waals surface area contributed by atoms with Gasteiger partial charge in [-0.1, -0.05) is 17.8 Å². The molecule has 0 atom stereocenters. The van der Waals surface area contributed by atoms with Gasteiger partial charge in [-0.2, -0.15) is 10.5 Å². The molecule has 2 rings (SSSR count). The van der Waals surface area contributed by atoms with Gasteiger partial charge in [-0.3, -0.25) is 4.79 Å². The molecule has 1 heterocycles. The summed E-state index contributed by atoms with van der Waals surface area (Å²) >= 11 is 1.24. The normalized spacial score (nSPS) is 9.74. The highest BCUT2D eigenvalue weighted by molar-refractivity contribution is 7.98. The fraction of sp³-hybridized carbons (Fsp3) is 0.200. The van der Waals surface area contributed by atoms with Crippen LogP contribution >= 0.6 is 11.8 Å². The van der Waals surface area contributed by atoms with Crippen molar-refractivity contribution < 1.29 is 9.47 Å². The number of benzene rings is 1. The number of methoxy groups -OCH3 is 1. The molecule has 0 aliphatic carbocycles. The van der Waals surface area contributed by atoms with Gasteiger partial charge in [0.2, 0.25) is 0 Å². The third-order valence-electron chi connectivity index (χ3n) is 2.94. The van der Waals surface area contributed by atoms with Gasteiger partial charge in [-0.25, -0.2) is 4.98 Å². The number of hydrogen-bond donors (Lipinski definition) is 1. The van der Waals surface area contributed by atoms with Gasteiger partial charge in [0.05, 0.1) is 7.11 Å². The third kappa shape index (κ3) is 3.28. The predicted octanol–water partition coefficient (Wildman–Crippen LogP) is 1.94. The quantitative estimate of drug-likeness (QED) is 0.659. The molecule has 0 bridgehead atoms. The lowest BCUT2D eigenvalue weighted by Crippen LogP contribution is -2.15. The number of aromatic amines is 1. The van der Waals surface area contributed by atoms with E-state index >= 15 is 0 Å². The number of nitrogens with one attached hydrogen (secondary N) is 1. The summed E-state index contributed by atoms with van der Waals surface area (Å²) in [6.45, 7) is -0.201. The zero-order chi connectivity index (χ0) is 16.8. The lowest BCUT2D eigenvalue weighted by molar-refractivity contribution is 0.331. The van der Waals surface area contributed by atoms with Crippen LogP contribution in [0.5, 0.6) is 11.5 Å². The summed E-state index contributed by atoms with van der Waals surface area (Å²) in [5.41, 5.74) is -0.0567. The van der Waals surface area contributed by atoms with Crippen molar-refractivity contribution >= 4 is 11.8 Å². The molecule has 1 aromatic heterocycles. The molecule has 8 heteroatoms. The van der Waals surface area contributed by atoms with Crippen molar-refractivity contribution in [3.05, 3.63) is 34.1 Å². The third-order valence-corrected chi connectivity index (χ3v) is 3.52. The molecule has 1 aromatic carbocycles. The van der Waals surface area contributed by atoms with Crippen LogP contribution in [0.4, 0.5) is 0 Å². The molecular weight excluding hydrogens is 316 g/mol. The number of H-pyrrole nitrogens is 1. The van der Waals surface area contributed by atoms with Gasteiger partial charge in [0.1, 0.15) is 23.4 Å². The predicted molar refractivity (Wildman–Crippen MR) is 84.4 cm³/mol. The fourth-order valence-electron chi connectivity index (χ4n) is 1.96. The van der Waals surface area contributed by atoms with Crippen LogP contribution < -0.4 is 15.0 Å². The summed E-state index contributed by atoms with van der Waals surface area (Å²) in [6, 6.07) is 8.73. The second-order valence-electron chi connectivity index (χ2n) is 4.19. The highest BCUT2D eigenvalue weighted by Gasteiger charge is 2.19. The van der Waals surface area contributed by atoms with Gasteiger partial charge in [0.25, 0.3) is 5.56 Å². The number of para-hydroxylation sites is 1. The van der Waals surface area contributed by atoms with Gasteiger partial charge in [-0.15, -0.1) is 0 Å². The Morgan fingerprint density at radius 3 is 2.78 bits per heavy atom. The molecule has 0 spiro atoms. The summed E-state index contributed by atoms with van der Waals surface area (Å²) in [4.78, 5) is 18.9. The molecule has 116 valence electrons. The summed E-state index contributed by atoms with van der Waals surface area (Å²) in [5.74, 6) is 0.646. The Morgan fingerprint density at radius 2 is 2.17 bits per heavy atom. The van der Waals surface area contributed by atoms with E-state index in [1.54, 1.807) is 24.5 Å². The summed E-state index contributed by atoms with van der Waals surface area (Å²) < 4.78 is 10.6. The van der Waals surface area contributed by atoms with E-state index in [4.69, 9.17) is 14.7 Å². The molecule has 0 fully saturated rings. The first-order chi connectivity index (χ1) is 11.2. The van der Waals surface area contributed by atoms with Crippen LogP contribution in [0.3, 0.4) is 0 Å². The van der Waals surface area contributed by atoms with Crippen LogP contribution in [0.2, 0.25) is 0 Å². The Balaban J connectivity index is 2.76. The van der Waals surface area contributed by atoms with Crippen molar-refractivity contribution in [3.63, 3.8) is 0 Å². The maximum absolute atomic E-state index is 12.0. The second kappa shape index (κ2) is 7.34. The Bertz CT molecular complexity index is 864. The van der Waals surface area contributed by atoms with E-state index in [2.05, 4.69) is 9.97 Å². The standard InChI is InChI=1S/C15H12N4O3S/c1-21-11-5-3-4-9(13(11)22-7-6-16)12-10(8-17)14(20)19-15(18-12)23-2/h3-5H,7H2,1-2H3,(H,18,19,20). The minimum atomic E-state index is -0.532. The van der Waals surface area contributed by atoms with Crippen LogP contribution in [0.15, 0.2) is 28.2 Å². The highest BCUT2D eigenvalue weighted by atomic mass is 32.2. The van der Waals surface area contributed by atoms with Gasteiger partial charge in [0, 0.05) is 5.56 Å². The lowest BCUT2D eigenvalue weighted by atomic mass is 10.1. The lowest BCUT2D eigenvalue weighted by Gasteiger charge is -2.14. The molecule has 2 aromatic rings. The molecule has 0 amide bonds. The first kappa shape index (κ1) is 16.4. The van der Waals surface area contributed by atoms with E-state index in [-0.39, 0.29) is 23.6 Å². The molecule has 0 saturated carbocycles. The van der Waals surface area contributed by atoms with E-state index < -0.39 is 5.56 Å². The molecule has 0 unspecified atom stereocenters. The molecule has 23 heavy (non-hydrogen) atoms. The summed E-state index contributed by atoms with van der Waals surface area (Å²) in [6.07, 6.45) is 1.76. The van der Waals surface area contributed by atoms with Gasteiger partial charge in [0.15, 0.2) is 23.3 Å². The van der Waals surface area contributed by atoms with Crippen molar-refractivity contribution in [2.45, 2.75) is 5.16 Å². The first-order valence-electron chi connectivity index (χ1n) is 6.41. The van der Waals surface area contributed by atoms with Crippen molar-refractivity contribution in [1.29, 1.82) is 10.5 Å². The molecule has 0 aliphatic rings. The average Bonchev–Trinajstić information content (AvgIpc) is 2.58. The Labute approximate surface area is 136 Å². The Morgan fingerprint density at radius 1 is 1.39 bits per heavy atom. The van der Waals surface area contributed by atoms with Crippen molar-refractivity contribution in [2.75, 3.05) is 20.0 Å². The highest BCUT2D eigenvalue weighted by Crippen LogP contribution is 2.38. The molecule has 0 aliphatic heterocycles. The molecule has 0 saturated heterocycles. The van der Waals surface area contributed by atoms with Crippen LogP contribution in [0, 0.1) is 22.7 Å². The number of nitriles is 2. The van der Waals surface area contributed by atoms with Crippen molar-refractivity contribution in [3.8, 4) is 34.9 Å². The smallest absolute Gasteiger partial charge is 0.270 e. The molecule has 1 N–H and O–H groups in total. The van der Waals surface area contributed by atoms with Crippen LogP contribution in [-0.2, 0) is 0 Å². The molecular formula is C15H12N4O3S. The number of hydrogen-bond acceptors (Lipinski definition) is 7. The van der Waals surface area contributed by atoms with Crippen LogP contribution in [0.25, 0.3) is 11.3 Å². The monoisotopic (exact) mass is 328 g/mol. The second-order valence-corrected chi connectivity index (χ2v) is 4.99. The molecule has 0 radical (unpaired) electrons. The maximum atomic E-state index is 12.0. The Hall–Kier alpha value is -2.97. The van der Waals surface area contributed by atoms with Crippen LogP contribution in [-0.4, -0.2) is 29.9 Å². The first-order valence-corrected chi connectivity index (χ1v) is 7.64. The topological polar surface area (TPSA) is 112 Å². The number of thioether (sulfide) groups is 1. The van der Waals surface area contributed by atoms with E-state index in [1.165, 1.54) is 18.9 Å².